The van der Waals surface area contributed by atoms with Crippen LogP contribution in [0.5, 0.6) is 0 Å². The van der Waals surface area contributed by atoms with Crippen LogP contribution in [0.15, 0.2) is 59.1 Å². The summed E-state index contributed by atoms with van der Waals surface area (Å²) in [5, 5.41) is 0.762. The summed E-state index contributed by atoms with van der Waals surface area (Å²) in [7, 11) is 0. The number of thioether (sulfide) groups is 1. The number of carbonyl (C=O) groups is 1. The zero-order valence-corrected chi connectivity index (χ0v) is 16.5. The SMILES string of the molecule is O=C1CSC2=N[C@@H]3/C(=C\c4ccc(F)cc4)CCC[C@@H]3[C@@H](c3ccc(F)cc3)N12. The third kappa shape index (κ3) is 3.39. The molecule has 0 unspecified atom stereocenters. The van der Waals surface area contributed by atoms with Crippen molar-refractivity contribution in [2.45, 2.75) is 31.3 Å². The molecule has 0 N–H and O–H groups in total. The number of amides is 1. The van der Waals surface area contributed by atoms with Gasteiger partial charge in [-0.3, -0.25) is 14.7 Å². The topological polar surface area (TPSA) is 32.7 Å². The van der Waals surface area contributed by atoms with Crippen molar-refractivity contribution in [3.05, 3.63) is 76.9 Å². The summed E-state index contributed by atoms with van der Waals surface area (Å²) in [6.07, 6.45) is 5.01. The van der Waals surface area contributed by atoms with E-state index in [1.54, 1.807) is 24.3 Å². The van der Waals surface area contributed by atoms with Gasteiger partial charge >= 0.3 is 0 Å². The second-order valence-electron chi connectivity index (χ2n) is 7.73. The molecule has 0 aromatic heterocycles. The fraction of sp³-hybridized carbons (Fsp3) is 0.304. The van der Waals surface area contributed by atoms with Crippen molar-refractivity contribution in [2.75, 3.05) is 5.75 Å². The number of benzene rings is 2. The predicted octanol–water partition coefficient (Wildman–Crippen LogP) is 5.20. The normalized spacial score (nSPS) is 27.6. The summed E-state index contributed by atoms with van der Waals surface area (Å²) in [6, 6.07) is 12.8. The van der Waals surface area contributed by atoms with E-state index in [1.807, 2.05) is 4.90 Å². The molecule has 1 amide bonds. The first-order valence-corrected chi connectivity index (χ1v) is 10.8. The molecular weight excluding hydrogens is 390 g/mol. The molecule has 2 heterocycles. The molecule has 2 aromatic rings. The number of carbonyl (C=O) groups excluding carboxylic acids is 1. The summed E-state index contributed by atoms with van der Waals surface area (Å²) in [6.45, 7) is 0. The zero-order chi connectivity index (χ0) is 20.0. The van der Waals surface area contributed by atoms with Crippen molar-refractivity contribution in [3.63, 3.8) is 0 Å². The van der Waals surface area contributed by atoms with Gasteiger partial charge in [0.15, 0.2) is 5.17 Å². The number of fused-ring (bicyclic) bond motifs is 2. The Morgan fingerprint density at radius 3 is 2.45 bits per heavy atom. The molecule has 148 valence electrons. The fourth-order valence-electron chi connectivity index (χ4n) is 4.67. The maximum atomic E-state index is 13.5. The molecule has 1 aliphatic carbocycles. The van der Waals surface area contributed by atoms with E-state index in [1.165, 1.54) is 41.6 Å². The van der Waals surface area contributed by atoms with Gasteiger partial charge in [0.1, 0.15) is 11.6 Å². The van der Waals surface area contributed by atoms with E-state index in [0.29, 0.717) is 5.75 Å². The largest absolute Gasteiger partial charge is 0.283 e. The first-order valence-electron chi connectivity index (χ1n) is 9.84. The summed E-state index contributed by atoms with van der Waals surface area (Å²) in [5.74, 6) is 0.0769. The highest BCUT2D eigenvalue weighted by atomic mass is 32.2. The Labute approximate surface area is 172 Å². The number of halogens is 2. The Balaban J connectivity index is 1.57. The van der Waals surface area contributed by atoms with Crippen molar-refractivity contribution in [2.24, 2.45) is 10.9 Å². The Morgan fingerprint density at radius 2 is 1.72 bits per heavy atom. The molecule has 2 aromatic carbocycles. The van der Waals surface area contributed by atoms with E-state index in [0.717, 1.165) is 35.6 Å². The minimum atomic E-state index is -0.280. The van der Waals surface area contributed by atoms with Gasteiger partial charge in [0.05, 0.1) is 17.8 Å². The van der Waals surface area contributed by atoms with Crippen LogP contribution in [-0.2, 0) is 4.79 Å². The van der Waals surface area contributed by atoms with Gasteiger partial charge < -0.3 is 0 Å². The van der Waals surface area contributed by atoms with Gasteiger partial charge in [0.2, 0.25) is 5.91 Å². The Bertz CT molecular complexity index is 1000. The molecule has 2 aliphatic heterocycles. The van der Waals surface area contributed by atoms with Crippen LogP contribution in [-0.4, -0.2) is 27.8 Å². The second kappa shape index (κ2) is 7.41. The lowest BCUT2D eigenvalue weighted by atomic mass is 9.73. The molecule has 3 aliphatic rings. The number of hydrogen-bond donors (Lipinski definition) is 0. The van der Waals surface area contributed by atoms with Crippen molar-refractivity contribution in [3.8, 4) is 0 Å². The van der Waals surface area contributed by atoms with Crippen LogP contribution in [0.1, 0.15) is 36.4 Å². The molecule has 1 saturated heterocycles. The lowest BCUT2D eigenvalue weighted by Crippen LogP contribution is -2.47. The predicted molar refractivity (Wildman–Crippen MR) is 111 cm³/mol. The van der Waals surface area contributed by atoms with Gasteiger partial charge in [0.25, 0.3) is 0 Å². The Morgan fingerprint density at radius 1 is 1.03 bits per heavy atom. The van der Waals surface area contributed by atoms with E-state index in [9.17, 15) is 13.6 Å². The van der Waals surface area contributed by atoms with Crippen LogP contribution in [0, 0.1) is 17.6 Å². The van der Waals surface area contributed by atoms with Gasteiger partial charge in [0, 0.05) is 5.92 Å². The van der Waals surface area contributed by atoms with Crippen molar-refractivity contribution in [1.29, 1.82) is 0 Å². The smallest absolute Gasteiger partial charge is 0.239 e. The van der Waals surface area contributed by atoms with Gasteiger partial charge in [-0.1, -0.05) is 42.1 Å². The van der Waals surface area contributed by atoms with E-state index >= 15 is 0 Å². The first kappa shape index (κ1) is 18.6. The molecule has 0 radical (unpaired) electrons. The van der Waals surface area contributed by atoms with E-state index in [-0.39, 0.29) is 35.5 Å². The van der Waals surface area contributed by atoms with Gasteiger partial charge in [-0.05, 0) is 60.2 Å². The molecule has 0 bridgehead atoms. The summed E-state index contributed by atoms with van der Waals surface area (Å²) < 4.78 is 26.8. The van der Waals surface area contributed by atoms with Crippen molar-refractivity contribution >= 4 is 28.9 Å². The Hall–Kier alpha value is -2.47. The fourth-order valence-corrected chi connectivity index (χ4v) is 5.61. The highest BCUT2D eigenvalue weighted by Gasteiger charge is 2.47. The summed E-state index contributed by atoms with van der Waals surface area (Å²) in [4.78, 5) is 19.4. The molecule has 0 spiro atoms. The van der Waals surface area contributed by atoms with E-state index < -0.39 is 0 Å². The zero-order valence-electron chi connectivity index (χ0n) is 15.7. The maximum absolute atomic E-state index is 13.5. The second-order valence-corrected chi connectivity index (χ2v) is 8.67. The molecule has 3 nitrogen and oxygen atoms in total. The molecule has 29 heavy (non-hydrogen) atoms. The van der Waals surface area contributed by atoms with Crippen molar-refractivity contribution in [1.82, 2.24) is 4.90 Å². The lowest BCUT2D eigenvalue weighted by molar-refractivity contribution is -0.127. The van der Waals surface area contributed by atoms with Crippen LogP contribution >= 0.6 is 11.8 Å². The lowest BCUT2D eigenvalue weighted by Gasteiger charge is -2.44. The number of aliphatic imine (C=N–C) groups is 1. The third-order valence-electron chi connectivity index (χ3n) is 5.95. The molecule has 1 saturated carbocycles. The quantitative estimate of drug-likeness (QED) is 0.681. The molecule has 2 fully saturated rings. The molecule has 3 atom stereocenters. The Kier molecular flexibility index (Phi) is 4.74. The average Bonchev–Trinajstić information content (AvgIpc) is 3.10. The molecule has 6 heteroatoms. The number of rotatable bonds is 2. The molecule has 5 rings (SSSR count). The van der Waals surface area contributed by atoms with Gasteiger partial charge in [-0.15, -0.1) is 0 Å². The monoisotopic (exact) mass is 410 g/mol. The van der Waals surface area contributed by atoms with Crippen LogP contribution in [0.25, 0.3) is 6.08 Å². The molecular formula is C23H20F2N2OS. The van der Waals surface area contributed by atoms with Crippen molar-refractivity contribution < 1.29 is 13.6 Å². The maximum Gasteiger partial charge on any atom is 0.239 e. The van der Waals surface area contributed by atoms with Gasteiger partial charge in [-0.2, -0.15) is 0 Å². The summed E-state index contributed by atoms with van der Waals surface area (Å²) in [5.41, 5.74) is 3.12. The minimum absolute atomic E-state index is 0.0199. The van der Waals surface area contributed by atoms with Crippen LogP contribution in [0.2, 0.25) is 0 Å². The number of hydrogen-bond acceptors (Lipinski definition) is 3. The first-order chi connectivity index (χ1) is 14.1. The van der Waals surface area contributed by atoms with Crippen LogP contribution in [0.4, 0.5) is 8.78 Å². The standard InChI is InChI=1S/C23H20F2N2OS/c24-17-8-4-14(5-9-17)12-16-2-1-3-19-21(16)26-23-27(20(28)13-29-23)22(19)15-6-10-18(25)11-7-15/h4-12,19,21-22H,1-3,13H2/b16-12-/t19-,21+,22+/m0/s1. The summed E-state index contributed by atoms with van der Waals surface area (Å²) >= 11 is 1.48. The van der Waals surface area contributed by atoms with E-state index in [4.69, 9.17) is 4.99 Å². The number of amidine groups is 1. The van der Waals surface area contributed by atoms with Gasteiger partial charge in [-0.25, -0.2) is 8.78 Å². The van der Waals surface area contributed by atoms with Crippen LogP contribution < -0.4 is 0 Å². The number of nitrogens with zero attached hydrogens (tertiary/aromatic N) is 2. The average molecular weight is 410 g/mol. The van der Waals surface area contributed by atoms with E-state index in [2.05, 4.69) is 6.08 Å². The highest BCUT2D eigenvalue weighted by molar-refractivity contribution is 8.15. The minimum Gasteiger partial charge on any atom is -0.283 e. The van der Waals surface area contributed by atoms with Crippen LogP contribution in [0.3, 0.4) is 0 Å². The third-order valence-corrected chi connectivity index (χ3v) is 6.91. The highest BCUT2D eigenvalue weighted by Crippen LogP contribution is 2.48.